The van der Waals surface area contributed by atoms with E-state index in [0.717, 1.165) is 0 Å². The number of H-pyrrole nitrogens is 1. The number of aromatic nitrogens is 2. The molecule has 0 amide bonds. The molecule has 1 aliphatic heterocycles. The maximum absolute atomic E-state index is 12.4. The van der Waals surface area contributed by atoms with E-state index in [1.807, 2.05) is 0 Å². The van der Waals surface area contributed by atoms with Gasteiger partial charge in [0.15, 0.2) is 0 Å². The summed E-state index contributed by atoms with van der Waals surface area (Å²) in [6.45, 7) is -4.18. The van der Waals surface area contributed by atoms with Gasteiger partial charge in [-0.15, -0.1) is 5.47 Å². The maximum atomic E-state index is 12.4. The van der Waals surface area contributed by atoms with E-state index in [-0.39, 0.29) is 69.8 Å². The monoisotopic (exact) mass is 255 g/mol. The normalized spacial score (nSPS) is 16.7. The fourth-order valence-electron chi connectivity index (χ4n) is 1.60. The summed E-state index contributed by atoms with van der Waals surface area (Å²) in [5.41, 5.74) is -0.377. The summed E-state index contributed by atoms with van der Waals surface area (Å²) in [6.07, 6.45) is 4.53. The molecule has 16 heavy (non-hydrogen) atoms. The number of imidazole rings is 1. The van der Waals surface area contributed by atoms with Gasteiger partial charge in [0.25, 0.3) is 0 Å². The van der Waals surface area contributed by atoms with Crippen LogP contribution in [0.5, 0.6) is 0 Å². The van der Waals surface area contributed by atoms with E-state index in [4.69, 9.17) is 0 Å². The minimum absolute atomic E-state index is 0. The Morgan fingerprint density at radius 3 is 2.56 bits per heavy atom. The second kappa shape index (κ2) is 5.72. The Hall–Kier alpha value is 0.241. The molecule has 0 aliphatic carbocycles. The SMILES string of the molecule is F[B-](F)(F)C1=CCN(c2ncc[nH]2)CC1.[K+]. The topological polar surface area (TPSA) is 31.9 Å². The molecule has 8 heteroatoms. The predicted octanol–water partition coefficient (Wildman–Crippen LogP) is -1.06. The van der Waals surface area contributed by atoms with Crippen LogP contribution in [0, 0.1) is 0 Å². The van der Waals surface area contributed by atoms with Crippen molar-refractivity contribution < 1.29 is 64.3 Å². The van der Waals surface area contributed by atoms with E-state index in [1.165, 1.54) is 6.08 Å². The van der Waals surface area contributed by atoms with Gasteiger partial charge in [0, 0.05) is 25.5 Å². The molecule has 1 aromatic rings. The molecule has 2 heterocycles. The Morgan fingerprint density at radius 1 is 1.38 bits per heavy atom. The van der Waals surface area contributed by atoms with Gasteiger partial charge in [0.1, 0.15) is 0 Å². The number of anilines is 1. The first-order valence-electron chi connectivity index (χ1n) is 4.70. The molecule has 3 nitrogen and oxygen atoms in total. The van der Waals surface area contributed by atoms with Gasteiger partial charge >= 0.3 is 58.4 Å². The van der Waals surface area contributed by atoms with Crippen LogP contribution in [0.3, 0.4) is 0 Å². The molecule has 0 unspecified atom stereocenters. The summed E-state index contributed by atoms with van der Waals surface area (Å²) < 4.78 is 37.1. The third kappa shape index (κ3) is 3.36. The van der Waals surface area contributed by atoms with Crippen molar-refractivity contribution in [2.75, 3.05) is 18.0 Å². The first kappa shape index (κ1) is 14.3. The average molecular weight is 255 g/mol. The van der Waals surface area contributed by atoms with Crippen LogP contribution in [0.4, 0.5) is 18.9 Å². The molecule has 0 saturated heterocycles. The van der Waals surface area contributed by atoms with E-state index in [9.17, 15) is 12.9 Å². The fourth-order valence-corrected chi connectivity index (χ4v) is 1.60. The number of hydrogen-bond donors (Lipinski definition) is 1. The van der Waals surface area contributed by atoms with Crippen molar-refractivity contribution in [3.63, 3.8) is 0 Å². The average Bonchev–Trinajstić information content (AvgIpc) is 2.69. The van der Waals surface area contributed by atoms with Crippen LogP contribution in [0.25, 0.3) is 0 Å². The Labute approximate surface area is 134 Å². The Balaban J connectivity index is 0.00000128. The van der Waals surface area contributed by atoms with Crippen LogP contribution in [0.2, 0.25) is 0 Å². The van der Waals surface area contributed by atoms with Gasteiger partial charge in [0.05, 0.1) is 0 Å². The molecule has 0 saturated carbocycles. The number of rotatable bonds is 2. The second-order valence-corrected chi connectivity index (χ2v) is 3.46. The van der Waals surface area contributed by atoms with Crippen molar-refractivity contribution in [3.05, 3.63) is 23.9 Å². The Kier molecular flexibility index (Phi) is 5.12. The van der Waals surface area contributed by atoms with Gasteiger partial charge in [-0.2, -0.15) is 0 Å². The molecule has 0 fully saturated rings. The number of nitrogens with zero attached hydrogens (tertiary/aromatic N) is 2. The van der Waals surface area contributed by atoms with Gasteiger partial charge in [-0.3, -0.25) is 0 Å². The van der Waals surface area contributed by atoms with Crippen molar-refractivity contribution in [1.82, 2.24) is 9.97 Å². The summed E-state index contributed by atoms with van der Waals surface area (Å²) in [5, 5.41) is 0. The van der Waals surface area contributed by atoms with E-state index in [1.54, 1.807) is 17.3 Å². The third-order valence-corrected chi connectivity index (χ3v) is 2.45. The van der Waals surface area contributed by atoms with Crippen molar-refractivity contribution in [2.45, 2.75) is 6.42 Å². The third-order valence-electron chi connectivity index (χ3n) is 2.45. The largest absolute Gasteiger partial charge is 1.00 e. The van der Waals surface area contributed by atoms with E-state index in [2.05, 4.69) is 9.97 Å². The van der Waals surface area contributed by atoms with Crippen LogP contribution in [-0.4, -0.2) is 30.0 Å². The summed E-state index contributed by atoms with van der Waals surface area (Å²) >= 11 is 0. The zero-order valence-electron chi connectivity index (χ0n) is 8.96. The molecule has 2 rings (SSSR count). The second-order valence-electron chi connectivity index (χ2n) is 3.46. The molecule has 0 atom stereocenters. The van der Waals surface area contributed by atoms with E-state index in [0.29, 0.717) is 12.5 Å². The summed E-state index contributed by atoms with van der Waals surface area (Å²) in [4.78, 5) is 8.64. The zero-order chi connectivity index (χ0) is 10.9. The van der Waals surface area contributed by atoms with Gasteiger partial charge in [-0.05, 0) is 6.42 Å². The minimum Gasteiger partial charge on any atom is -0.445 e. The molecule has 0 radical (unpaired) electrons. The van der Waals surface area contributed by atoms with Crippen LogP contribution in [0.1, 0.15) is 6.42 Å². The number of halogens is 3. The first-order valence-corrected chi connectivity index (χ1v) is 4.70. The quantitative estimate of drug-likeness (QED) is 0.683. The smallest absolute Gasteiger partial charge is 0.445 e. The summed E-state index contributed by atoms with van der Waals surface area (Å²) in [7, 11) is 0. The Bertz CT molecular complexity index is 363. The molecule has 1 aromatic heterocycles. The van der Waals surface area contributed by atoms with Crippen LogP contribution in [-0.2, 0) is 0 Å². The predicted molar refractivity (Wildman–Crippen MR) is 52.6 cm³/mol. The molecule has 0 spiro atoms. The molecule has 82 valence electrons. The van der Waals surface area contributed by atoms with Crippen molar-refractivity contribution in [1.29, 1.82) is 0 Å². The fraction of sp³-hybridized carbons (Fsp3) is 0.375. The van der Waals surface area contributed by atoms with Crippen LogP contribution in [0.15, 0.2) is 23.9 Å². The first-order chi connectivity index (χ1) is 7.07. The van der Waals surface area contributed by atoms with Crippen molar-refractivity contribution in [2.24, 2.45) is 0 Å². The van der Waals surface area contributed by atoms with Gasteiger partial charge in [-0.1, -0.05) is 6.08 Å². The molecular formula is C8H10BF3KN3. The molecular weight excluding hydrogens is 245 g/mol. The van der Waals surface area contributed by atoms with Gasteiger partial charge < -0.3 is 22.8 Å². The van der Waals surface area contributed by atoms with E-state index < -0.39 is 6.98 Å². The number of hydrogen-bond acceptors (Lipinski definition) is 2. The zero-order valence-corrected chi connectivity index (χ0v) is 12.1. The van der Waals surface area contributed by atoms with Crippen LogP contribution < -0.4 is 56.3 Å². The summed E-state index contributed by atoms with van der Waals surface area (Å²) in [5.74, 6) is 0.625. The minimum atomic E-state index is -4.81. The van der Waals surface area contributed by atoms with Gasteiger partial charge in [-0.25, -0.2) is 4.98 Å². The standard InChI is InChI=1S/C8H10BF3N3.K/c10-9(11,12)7-1-5-15(6-2-7)8-13-3-4-14-8;/h1,3-4H,2,5-6H2,(H,13,14);/q-1;+1. The van der Waals surface area contributed by atoms with Gasteiger partial charge in [0.2, 0.25) is 5.95 Å². The summed E-state index contributed by atoms with van der Waals surface area (Å²) in [6, 6.07) is 0. The van der Waals surface area contributed by atoms with Crippen molar-refractivity contribution >= 4 is 12.9 Å². The maximum Gasteiger partial charge on any atom is 1.00 e. The number of nitrogens with one attached hydrogen (secondary N) is 1. The molecule has 1 N–H and O–H groups in total. The van der Waals surface area contributed by atoms with E-state index >= 15 is 0 Å². The molecule has 0 aromatic carbocycles. The van der Waals surface area contributed by atoms with Crippen molar-refractivity contribution in [3.8, 4) is 0 Å². The molecule has 0 bridgehead atoms. The van der Waals surface area contributed by atoms with Crippen LogP contribution >= 0.6 is 0 Å². The Morgan fingerprint density at radius 2 is 2.12 bits per heavy atom. The number of aromatic amines is 1. The molecule has 1 aliphatic rings.